The summed E-state index contributed by atoms with van der Waals surface area (Å²) >= 11 is 0. The fourth-order valence-electron chi connectivity index (χ4n) is 1.93. The van der Waals surface area contributed by atoms with Gasteiger partial charge in [0.1, 0.15) is 5.75 Å². The summed E-state index contributed by atoms with van der Waals surface area (Å²) in [5.41, 5.74) is 8.04. The molecule has 2 aromatic carbocycles. The van der Waals surface area contributed by atoms with Crippen LogP contribution in [0.2, 0.25) is 0 Å². The number of aliphatic imine (C=N–C) groups is 1. The van der Waals surface area contributed by atoms with Crippen molar-refractivity contribution >= 4 is 41.5 Å². The Balaban J connectivity index is 0.00000288. The van der Waals surface area contributed by atoms with Gasteiger partial charge in [0.25, 0.3) is 5.91 Å². The number of nitrogens with zero attached hydrogens (tertiary/aromatic N) is 1. The average Bonchev–Trinajstić information content (AvgIpc) is 2.54. The van der Waals surface area contributed by atoms with Gasteiger partial charge in [-0.2, -0.15) is 0 Å². The number of para-hydroxylation sites is 1. The lowest BCUT2D eigenvalue weighted by Crippen LogP contribution is -2.28. The van der Waals surface area contributed by atoms with Gasteiger partial charge in [-0.05, 0) is 31.2 Å². The number of benzene rings is 2. The first kappa shape index (κ1) is 19.8. The third-order valence-corrected chi connectivity index (χ3v) is 3.15. The first-order valence-electron chi connectivity index (χ1n) is 7.26. The molecule has 0 saturated carbocycles. The Hall–Kier alpha value is -2.29. The molecule has 7 heteroatoms. The van der Waals surface area contributed by atoms with Gasteiger partial charge in [0.15, 0.2) is 5.96 Å². The van der Waals surface area contributed by atoms with Gasteiger partial charge >= 0.3 is 0 Å². The molecule has 0 aliphatic carbocycles. The summed E-state index contributed by atoms with van der Waals surface area (Å²) in [5, 5.41) is 15.2. The van der Waals surface area contributed by atoms with E-state index < -0.39 is 0 Å². The van der Waals surface area contributed by atoms with E-state index in [1.807, 2.05) is 31.2 Å². The largest absolute Gasteiger partial charge is 0.507 e. The van der Waals surface area contributed by atoms with Gasteiger partial charge in [0.2, 0.25) is 0 Å². The SMILES string of the molecule is Cc1ccc(NC(N)=NCCNC(=O)c2ccccc2O)cc1.I. The van der Waals surface area contributed by atoms with Crippen molar-refractivity contribution in [2.24, 2.45) is 10.7 Å². The molecule has 0 spiro atoms. The lowest BCUT2D eigenvalue weighted by atomic mass is 10.2. The summed E-state index contributed by atoms with van der Waals surface area (Å²) in [5.74, 6) is -0.108. The molecule has 6 nitrogen and oxygen atoms in total. The summed E-state index contributed by atoms with van der Waals surface area (Å²) in [6, 6.07) is 14.2. The maximum absolute atomic E-state index is 11.9. The number of rotatable bonds is 5. The van der Waals surface area contributed by atoms with E-state index in [1.165, 1.54) is 6.07 Å². The van der Waals surface area contributed by atoms with Crippen LogP contribution in [0.15, 0.2) is 53.5 Å². The van der Waals surface area contributed by atoms with Gasteiger partial charge in [-0.15, -0.1) is 24.0 Å². The molecule has 1 amide bonds. The topological polar surface area (TPSA) is 99.7 Å². The van der Waals surface area contributed by atoms with E-state index >= 15 is 0 Å². The number of anilines is 1. The molecule has 0 aliphatic heterocycles. The van der Waals surface area contributed by atoms with E-state index in [1.54, 1.807) is 18.2 Å². The molecular formula is C17H21IN4O2. The summed E-state index contributed by atoms with van der Waals surface area (Å²) in [6.07, 6.45) is 0. The van der Waals surface area contributed by atoms with Gasteiger partial charge in [0.05, 0.1) is 12.1 Å². The maximum atomic E-state index is 11.9. The number of nitrogens with one attached hydrogen (secondary N) is 2. The fraction of sp³-hybridized carbons (Fsp3) is 0.176. The Kier molecular flexibility index (Phi) is 8.03. The third-order valence-electron chi connectivity index (χ3n) is 3.15. The Morgan fingerprint density at radius 1 is 1.17 bits per heavy atom. The number of guanidine groups is 1. The predicted molar refractivity (Wildman–Crippen MR) is 107 cm³/mol. The molecule has 0 radical (unpaired) electrons. The molecule has 128 valence electrons. The summed E-state index contributed by atoms with van der Waals surface area (Å²) in [7, 11) is 0. The molecule has 2 rings (SSSR count). The molecule has 0 atom stereocenters. The quantitative estimate of drug-likeness (QED) is 0.249. The molecule has 2 aromatic rings. The molecule has 0 aromatic heterocycles. The highest BCUT2D eigenvalue weighted by molar-refractivity contribution is 14.0. The van der Waals surface area contributed by atoms with Crippen molar-refractivity contribution < 1.29 is 9.90 Å². The minimum absolute atomic E-state index is 0. The Morgan fingerprint density at radius 2 is 1.83 bits per heavy atom. The first-order chi connectivity index (χ1) is 11.1. The molecule has 0 fully saturated rings. The zero-order chi connectivity index (χ0) is 16.7. The average molecular weight is 440 g/mol. The molecule has 0 unspecified atom stereocenters. The number of hydrogen-bond donors (Lipinski definition) is 4. The van der Waals surface area contributed by atoms with Gasteiger partial charge in [-0.3, -0.25) is 9.79 Å². The Bertz CT molecular complexity index is 702. The van der Waals surface area contributed by atoms with Crippen molar-refractivity contribution in [3.05, 3.63) is 59.7 Å². The van der Waals surface area contributed by atoms with Gasteiger partial charge in [-0.1, -0.05) is 29.8 Å². The van der Waals surface area contributed by atoms with E-state index in [0.29, 0.717) is 13.1 Å². The van der Waals surface area contributed by atoms with Crippen LogP contribution in [0.1, 0.15) is 15.9 Å². The molecular weight excluding hydrogens is 419 g/mol. The van der Waals surface area contributed by atoms with Crippen LogP contribution in [-0.4, -0.2) is 30.1 Å². The zero-order valence-electron chi connectivity index (χ0n) is 13.3. The van der Waals surface area contributed by atoms with Crippen LogP contribution in [0.3, 0.4) is 0 Å². The summed E-state index contributed by atoms with van der Waals surface area (Å²) in [6.45, 7) is 2.67. The van der Waals surface area contributed by atoms with Crippen LogP contribution in [0, 0.1) is 6.92 Å². The van der Waals surface area contributed by atoms with Crippen LogP contribution in [0.4, 0.5) is 5.69 Å². The van der Waals surface area contributed by atoms with Gasteiger partial charge < -0.3 is 21.5 Å². The van der Waals surface area contributed by atoms with E-state index in [4.69, 9.17) is 5.73 Å². The van der Waals surface area contributed by atoms with Crippen molar-refractivity contribution in [3.63, 3.8) is 0 Å². The molecule has 0 heterocycles. The number of amides is 1. The normalized spacial score (nSPS) is 10.6. The minimum Gasteiger partial charge on any atom is -0.507 e. The van der Waals surface area contributed by atoms with E-state index in [2.05, 4.69) is 15.6 Å². The highest BCUT2D eigenvalue weighted by Gasteiger charge is 2.08. The molecule has 24 heavy (non-hydrogen) atoms. The summed E-state index contributed by atoms with van der Waals surface area (Å²) < 4.78 is 0. The second kappa shape index (κ2) is 9.76. The monoisotopic (exact) mass is 440 g/mol. The van der Waals surface area contributed by atoms with Crippen molar-refractivity contribution in [2.45, 2.75) is 6.92 Å². The number of carbonyl (C=O) groups excluding carboxylic acids is 1. The molecule has 5 N–H and O–H groups in total. The number of halogens is 1. The van der Waals surface area contributed by atoms with Crippen LogP contribution in [0.25, 0.3) is 0 Å². The number of hydrogen-bond acceptors (Lipinski definition) is 3. The van der Waals surface area contributed by atoms with Gasteiger partial charge in [-0.25, -0.2) is 0 Å². The van der Waals surface area contributed by atoms with E-state index in [0.717, 1.165) is 11.3 Å². The number of phenolic OH excluding ortho intramolecular Hbond substituents is 1. The number of aromatic hydroxyl groups is 1. The van der Waals surface area contributed by atoms with Crippen LogP contribution < -0.4 is 16.4 Å². The third kappa shape index (κ3) is 6.07. The minimum atomic E-state index is -0.344. The standard InChI is InChI=1S/C17H20N4O2.HI/c1-12-6-8-13(9-7-12)21-17(18)20-11-10-19-16(23)14-4-2-3-5-15(14)22;/h2-9,22H,10-11H2,1H3,(H,19,23)(H3,18,20,21);1H. The van der Waals surface area contributed by atoms with Crippen LogP contribution in [0.5, 0.6) is 5.75 Å². The van der Waals surface area contributed by atoms with E-state index in [9.17, 15) is 9.90 Å². The number of phenols is 1. The van der Waals surface area contributed by atoms with Crippen molar-refractivity contribution in [3.8, 4) is 5.75 Å². The lowest BCUT2D eigenvalue weighted by Gasteiger charge is -2.07. The van der Waals surface area contributed by atoms with Gasteiger partial charge in [0, 0.05) is 12.2 Å². The number of aryl methyl sites for hydroxylation is 1. The summed E-state index contributed by atoms with van der Waals surface area (Å²) in [4.78, 5) is 16.0. The van der Waals surface area contributed by atoms with Crippen LogP contribution >= 0.6 is 24.0 Å². The Labute approximate surface area is 158 Å². The van der Waals surface area contributed by atoms with E-state index in [-0.39, 0.29) is 47.2 Å². The van der Waals surface area contributed by atoms with Crippen molar-refractivity contribution in [2.75, 3.05) is 18.4 Å². The Morgan fingerprint density at radius 3 is 2.50 bits per heavy atom. The fourth-order valence-corrected chi connectivity index (χ4v) is 1.93. The number of nitrogens with two attached hydrogens (primary N) is 1. The highest BCUT2D eigenvalue weighted by atomic mass is 127. The van der Waals surface area contributed by atoms with Crippen LogP contribution in [-0.2, 0) is 0 Å². The zero-order valence-corrected chi connectivity index (χ0v) is 15.7. The smallest absolute Gasteiger partial charge is 0.255 e. The number of carbonyl (C=O) groups is 1. The predicted octanol–water partition coefficient (Wildman–Crippen LogP) is 2.48. The van der Waals surface area contributed by atoms with Crippen molar-refractivity contribution in [1.29, 1.82) is 0 Å². The molecule has 0 bridgehead atoms. The van der Waals surface area contributed by atoms with Crippen molar-refractivity contribution in [1.82, 2.24) is 5.32 Å². The second-order valence-electron chi connectivity index (χ2n) is 5.03. The maximum Gasteiger partial charge on any atom is 0.255 e. The second-order valence-corrected chi connectivity index (χ2v) is 5.03. The molecule has 0 saturated heterocycles. The first-order valence-corrected chi connectivity index (χ1v) is 7.26. The molecule has 0 aliphatic rings. The highest BCUT2D eigenvalue weighted by Crippen LogP contribution is 2.14. The lowest BCUT2D eigenvalue weighted by molar-refractivity contribution is 0.0952.